The molecule has 5 nitrogen and oxygen atoms in total. The summed E-state index contributed by atoms with van der Waals surface area (Å²) >= 11 is 0. The van der Waals surface area contributed by atoms with Crippen molar-refractivity contribution >= 4 is 0 Å². The zero-order chi connectivity index (χ0) is 20.9. The van der Waals surface area contributed by atoms with Gasteiger partial charge in [0.2, 0.25) is 0 Å². The lowest BCUT2D eigenvalue weighted by molar-refractivity contribution is 0.0746. The SMILES string of the molecule is CCN(Cc1cn[nH]c1-c1cccc(F)c1)CC1CCN(C2CCN(C)CC2)CC1. The van der Waals surface area contributed by atoms with Crippen LogP contribution in [0, 0.1) is 11.7 Å². The van der Waals surface area contributed by atoms with E-state index in [9.17, 15) is 4.39 Å². The van der Waals surface area contributed by atoms with Crippen LogP contribution in [0.25, 0.3) is 11.3 Å². The van der Waals surface area contributed by atoms with Gasteiger partial charge in [-0.15, -0.1) is 0 Å². The summed E-state index contributed by atoms with van der Waals surface area (Å²) in [6.07, 6.45) is 7.14. The predicted molar refractivity (Wildman–Crippen MR) is 120 cm³/mol. The maximum atomic E-state index is 13.7. The van der Waals surface area contributed by atoms with Gasteiger partial charge in [0.05, 0.1) is 11.9 Å². The van der Waals surface area contributed by atoms with Crippen LogP contribution in [0.1, 0.15) is 38.2 Å². The Morgan fingerprint density at radius 2 is 1.90 bits per heavy atom. The second kappa shape index (κ2) is 10.0. The molecule has 2 aliphatic heterocycles. The summed E-state index contributed by atoms with van der Waals surface area (Å²) < 4.78 is 13.7. The molecule has 1 N–H and O–H groups in total. The number of nitrogens with zero attached hydrogens (tertiary/aromatic N) is 4. The third-order valence-electron chi connectivity index (χ3n) is 7.04. The van der Waals surface area contributed by atoms with Crippen LogP contribution in [0.5, 0.6) is 0 Å². The molecule has 3 heterocycles. The van der Waals surface area contributed by atoms with E-state index in [1.165, 1.54) is 57.9 Å². The summed E-state index contributed by atoms with van der Waals surface area (Å²) in [7, 11) is 2.24. The van der Waals surface area contributed by atoms with Gasteiger partial charge in [0.1, 0.15) is 5.82 Å². The zero-order valence-corrected chi connectivity index (χ0v) is 18.5. The van der Waals surface area contributed by atoms with E-state index in [-0.39, 0.29) is 5.82 Å². The summed E-state index contributed by atoms with van der Waals surface area (Å²) in [6.45, 7) is 10.2. The maximum absolute atomic E-state index is 13.7. The minimum Gasteiger partial charge on any atom is -0.306 e. The van der Waals surface area contributed by atoms with Crippen molar-refractivity contribution in [1.82, 2.24) is 24.9 Å². The third kappa shape index (κ3) is 5.29. The van der Waals surface area contributed by atoms with Crippen LogP contribution < -0.4 is 0 Å². The number of benzene rings is 1. The summed E-state index contributed by atoms with van der Waals surface area (Å²) in [4.78, 5) is 7.72. The summed E-state index contributed by atoms with van der Waals surface area (Å²) in [5.41, 5.74) is 2.95. The van der Waals surface area contributed by atoms with Crippen molar-refractivity contribution in [1.29, 1.82) is 0 Å². The molecule has 2 saturated heterocycles. The second-order valence-electron chi connectivity index (χ2n) is 9.12. The van der Waals surface area contributed by atoms with Crippen molar-refractivity contribution < 1.29 is 4.39 Å². The highest BCUT2D eigenvalue weighted by atomic mass is 19.1. The number of nitrogens with one attached hydrogen (secondary N) is 1. The molecule has 0 aliphatic carbocycles. The summed E-state index contributed by atoms with van der Waals surface area (Å²) in [5, 5.41) is 7.32. The van der Waals surface area contributed by atoms with Crippen molar-refractivity contribution in [3.63, 3.8) is 0 Å². The number of likely N-dealkylation sites (tertiary alicyclic amines) is 2. The van der Waals surface area contributed by atoms with Gasteiger partial charge in [-0.2, -0.15) is 5.10 Å². The Morgan fingerprint density at radius 1 is 1.13 bits per heavy atom. The number of H-pyrrole nitrogens is 1. The Hall–Kier alpha value is -1.76. The van der Waals surface area contributed by atoms with Crippen LogP contribution >= 0.6 is 0 Å². The number of rotatable bonds is 7. The normalized spacial score (nSPS) is 20.3. The Balaban J connectivity index is 1.31. The standard InChI is InChI=1S/C24H36FN5/c1-3-29(18-21-16-26-27-24(21)20-5-4-6-22(25)15-20)17-19-7-13-30(14-8-19)23-9-11-28(2)12-10-23/h4-6,15-16,19,23H,3,7-14,17-18H2,1-2H3,(H,26,27). The molecule has 0 bridgehead atoms. The van der Waals surface area contributed by atoms with Gasteiger partial charge in [-0.05, 0) is 83.5 Å². The molecule has 1 aromatic carbocycles. The number of hydrogen-bond acceptors (Lipinski definition) is 4. The van der Waals surface area contributed by atoms with Crippen molar-refractivity contribution in [2.24, 2.45) is 5.92 Å². The van der Waals surface area contributed by atoms with Crippen molar-refractivity contribution in [3.05, 3.63) is 41.8 Å². The smallest absolute Gasteiger partial charge is 0.123 e. The van der Waals surface area contributed by atoms with E-state index in [1.54, 1.807) is 12.1 Å². The largest absolute Gasteiger partial charge is 0.306 e. The minimum absolute atomic E-state index is 0.211. The molecular formula is C24H36FN5. The van der Waals surface area contributed by atoms with Crippen molar-refractivity contribution in [2.75, 3.05) is 46.3 Å². The van der Waals surface area contributed by atoms with Crippen molar-refractivity contribution in [3.8, 4) is 11.3 Å². The monoisotopic (exact) mass is 413 g/mol. The predicted octanol–water partition coefficient (Wildman–Crippen LogP) is 3.84. The van der Waals surface area contributed by atoms with Gasteiger partial charge in [-0.3, -0.25) is 10.00 Å². The van der Waals surface area contributed by atoms with E-state index >= 15 is 0 Å². The first-order valence-electron chi connectivity index (χ1n) is 11.6. The lowest BCUT2D eigenvalue weighted by Gasteiger charge is -2.41. The van der Waals surface area contributed by atoms with Crippen LogP contribution in [-0.4, -0.2) is 77.3 Å². The third-order valence-corrected chi connectivity index (χ3v) is 7.04. The molecule has 0 atom stereocenters. The van der Waals surface area contributed by atoms with E-state index < -0.39 is 0 Å². The first-order valence-corrected chi connectivity index (χ1v) is 11.6. The van der Waals surface area contributed by atoms with Crippen molar-refractivity contribution in [2.45, 2.75) is 45.2 Å². The van der Waals surface area contributed by atoms with Gasteiger partial charge in [-0.1, -0.05) is 19.1 Å². The number of halogens is 1. The Morgan fingerprint density at radius 3 is 2.60 bits per heavy atom. The van der Waals surface area contributed by atoms with Gasteiger partial charge in [0, 0.05) is 30.3 Å². The average molecular weight is 414 g/mol. The summed E-state index contributed by atoms with van der Waals surface area (Å²) in [6, 6.07) is 7.55. The molecule has 4 rings (SSSR count). The number of piperidine rings is 2. The van der Waals surface area contributed by atoms with E-state index in [0.29, 0.717) is 0 Å². The molecule has 30 heavy (non-hydrogen) atoms. The quantitative estimate of drug-likeness (QED) is 0.748. The first-order chi connectivity index (χ1) is 14.6. The van der Waals surface area contributed by atoms with Gasteiger partial charge < -0.3 is 9.80 Å². The fourth-order valence-corrected chi connectivity index (χ4v) is 5.10. The van der Waals surface area contributed by atoms with Crippen LogP contribution in [0.2, 0.25) is 0 Å². The summed E-state index contributed by atoms with van der Waals surface area (Å²) in [5.74, 6) is 0.550. The van der Waals surface area contributed by atoms with Crippen LogP contribution in [0.15, 0.2) is 30.5 Å². The highest BCUT2D eigenvalue weighted by Crippen LogP contribution is 2.26. The number of aromatic nitrogens is 2. The minimum atomic E-state index is -0.211. The highest BCUT2D eigenvalue weighted by molar-refractivity contribution is 5.62. The van der Waals surface area contributed by atoms with E-state index in [0.717, 1.165) is 48.4 Å². The molecule has 0 radical (unpaired) electrons. The van der Waals surface area contributed by atoms with E-state index in [2.05, 4.69) is 38.9 Å². The fourth-order valence-electron chi connectivity index (χ4n) is 5.10. The van der Waals surface area contributed by atoms with Crippen LogP contribution in [-0.2, 0) is 6.54 Å². The highest BCUT2D eigenvalue weighted by Gasteiger charge is 2.28. The molecular weight excluding hydrogens is 377 g/mol. The molecule has 0 saturated carbocycles. The average Bonchev–Trinajstić information content (AvgIpc) is 3.22. The lowest BCUT2D eigenvalue weighted by Crippen LogP contribution is -2.47. The molecule has 0 unspecified atom stereocenters. The van der Waals surface area contributed by atoms with Crippen LogP contribution in [0.3, 0.4) is 0 Å². The Labute approximate surface area is 180 Å². The van der Waals surface area contributed by atoms with E-state index in [4.69, 9.17) is 0 Å². The molecule has 0 amide bonds. The molecule has 1 aromatic heterocycles. The van der Waals surface area contributed by atoms with Crippen LogP contribution in [0.4, 0.5) is 4.39 Å². The second-order valence-corrected chi connectivity index (χ2v) is 9.12. The maximum Gasteiger partial charge on any atom is 0.123 e. The van der Waals surface area contributed by atoms with Gasteiger partial charge in [0.15, 0.2) is 0 Å². The Kier molecular flexibility index (Phi) is 7.18. The first kappa shape index (κ1) is 21.5. The number of aromatic amines is 1. The number of hydrogen-bond donors (Lipinski definition) is 1. The lowest BCUT2D eigenvalue weighted by atomic mass is 9.93. The molecule has 2 aliphatic rings. The fraction of sp³-hybridized carbons (Fsp3) is 0.625. The van der Waals surface area contributed by atoms with Gasteiger partial charge in [-0.25, -0.2) is 4.39 Å². The zero-order valence-electron chi connectivity index (χ0n) is 18.5. The topological polar surface area (TPSA) is 38.4 Å². The molecule has 164 valence electrons. The Bertz CT molecular complexity index is 790. The van der Waals surface area contributed by atoms with E-state index in [1.807, 2.05) is 12.3 Å². The molecule has 2 fully saturated rings. The molecule has 0 spiro atoms. The molecule has 6 heteroatoms. The van der Waals surface area contributed by atoms with Gasteiger partial charge >= 0.3 is 0 Å². The van der Waals surface area contributed by atoms with Gasteiger partial charge in [0.25, 0.3) is 0 Å². The molecule has 2 aromatic rings.